The highest BCUT2D eigenvalue weighted by molar-refractivity contribution is 5.97. The van der Waals surface area contributed by atoms with Gasteiger partial charge in [0.25, 0.3) is 5.91 Å². The molecule has 1 fully saturated rings. The van der Waals surface area contributed by atoms with Gasteiger partial charge in [-0.05, 0) is 115 Å². The van der Waals surface area contributed by atoms with Crippen molar-refractivity contribution in [1.29, 1.82) is 0 Å². The summed E-state index contributed by atoms with van der Waals surface area (Å²) in [5.41, 5.74) is 4.85. The van der Waals surface area contributed by atoms with Crippen molar-refractivity contribution in [3.8, 4) is 0 Å². The number of carbonyl (C=O) groups is 7. The van der Waals surface area contributed by atoms with E-state index >= 15 is 0 Å². The topological polar surface area (TPSA) is 210 Å². The SMILES string of the molecule is CNCC(=O)NC(C(=O)N1Cc2cc(C(=O)NC3C[C@@H](C(=O)N[C@@H]4CCCc5ccccc54)N(C(=O)C(NC(=O)CNC)C(C)(C)C)C3)ccc2CC1C(=O)N[C@@H]1CCCc2ccccc21)C(C)(C)C. The number of fused-ring (bicyclic) bond motifs is 3. The van der Waals surface area contributed by atoms with Crippen LogP contribution in [-0.2, 0) is 54.6 Å². The third-order valence-corrected chi connectivity index (χ3v) is 14.3. The lowest BCUT2D eigenvalue weighted by Crippen LogP contribution is -2.61. The van der Waals surface area contributed by atoms with Gasteiger partial charge in [-0.3, -0.25) is 33.6 Å². The normalized spacial score (nSPS) is 21.7. The number of benzene rings is 3. The third-order valence-electron chi connectivity index (χ3n) is 14.3. The molecule has 2 aliphatic carbocycles. The summed E-state index contributed by atoms with van der Waals surface area (Å²) in [6, 6.07) is 16.6. The Hall–Kier alpha value is -6.13. The summed E-state index contributed by atoms with van der Waals surface area (Å²) in [5, 5.41) is 21.1. The third kappa shape index (κ3) is 11.9. The molecule has 2 aliphatic heterocycles. The maximum atomic E-state index is 14.8. The van der Waals surface area contributed by atoms with Gasteiger partial charge in [-0.1, -0.05) is 96.1 Å². The number of hydrogen-bond donors (Lipinski definition) is 7. The number of carbonyl (C=O) groups excluding carboxylic acids is 7. The summed E-state index contributed by atoms with van der Waals surface area (Å²) < 4.78 is 0. The summed E-state index contributed by atoms with van der Waals surface area (Å²) in [5.74, 6) is -2.60. The van der Waals surface area contributed by atoms with Crippen LogP contribution >= 0.6 is 0 Å². The lowest BCUT2D eigenvalue weighted by molar-refractivity contribution is -0.147. The van der Waals surface area contributed by atoms with Crippen LogP contribution in [0, 0.1) is 10.8 Å². The second kappa shape index (κ2) is 21.9. The van der Waals surface area contributed by atoms with Crippen LogP contribution in [0.5, 0.6) is 0 Å². The fraction of sp³-hybridized carbons (Fsp3) is 0.537. The first-order valence-corrected chi connectivity index (χ1v) is 24.9. The van der Waals surface area contributed by atoms with E-state index < -0.39 is 58.8 Å². The van der Waals surface area contributed by atoms with Crippen molar-refractivity contribution >= 4 is 41.4 Å². The Balaban J connectivity index is 1.15. The Labute approximate surface area is 412 Å². The van der Waals surface area contributed by atoms with Gasteiger partial charge in [-0.25, -0.2) is 0 Å². The summed E-state index contributed by atoms with van der Waals surface area (Å²) in [7, 11) is 3.30. The van der Waals surface area contributed by atoms with Crippen molar-refractivity contribution in [3.05, 3.63) is 106 Å². The first-order valence-electron chi connectivity index (χ1n) is 24.9. The van der Waals surface area contributed by atoms with Crippen LogP contribution in [0.25, 0.3) is 0 Å². The average molecular weight is 960 g/mol. The molecule has 1 saturated heterocycles. The molecule has 3 aromatic rings. The van der Waals surface area contributed by atoms with E-state index in [0.717, 1.165) is 55.2 Å². The van der Waals surface area contributed by atoms with E-state index in [1.54, 1.807) is 31.1 Å². The van der Waals surface area contributed by atoms with Gasteiger partial charge >= 0.3 is 0 Å². The summed E-state index contributed by atoms with van der Waals surface area (Å²) in [4.78, 5) is 102. The second-order valence-corrected chi connectivity index (χ2v) is 21.7. The highest BCUT2D eigenvalue weighted by atomic mass is 16.2. The summed E-state index contributed by atoms with van der Waals surface area (Å²) in [6.07, 6.45) is 5.50. The predicted octanol–water partition coefficient (Wildman–Crippen LogP) is 3.53. The Morgan fingerprint density at radius 2 is 1.10 bits per heavy atom. The molecule has 0 spiro atoms. The molecule has 376 valence electrons. The highest BCUT2D eigenvalue weighted by Crippen LogP contribution is 2.34. The van der Waals surface area contributed by atoms with E-state index in [0.29, 0.717) is 11.1 Å². The first-order chi connectivity index (χ1) is 33.3. The summed E-state index contributed by atoms with van der Waals surface area (Å²) >= 11 is 0. The minimum absolute atomic E-state index is 0.00392. The molecule has 0 radical (unpaired) electrons. The van der Waals surface area contributed by atoms with E-state index in [9.17, 15) is 33.6 Å². The molecule has 7 N–H and O–H groups in total. The molecule has 3 aromatic carbocycles. The fourth-order valence-electron chi connectivity index (χ4n) is 10.6. The van der Waals surface area contributed by atoms with Gasteiger partial charge in [-0.2, -0.15) is 0 Å². The number of likely N-dealkylation sites (tertiary alicyclic amines) is 1. The van der Waals surface area contributed by atoms with Crippen LogP contribution in [0.4, 0.5) is 0 Å². The number of nitrogens with zero attached hydrogens (tertiary/aromatic N) is 2. The van der Waals surface area contributed by atoms with Crippen LogP contribution in [0.1, 0.15) is 129 Å². The summed E-state index contributed by atoms with van der Waals surface area (Å²) in [6.45, 7) is 11.2. The van der Waals surface area contributed by atoms with Gasteiger partial charge in [-0.15, -0.1) is 0 Å². The molecule has 4 unspecified atom stereocenters. The zero-order valence-electron chi connectivity index (χ0n) is 42.1. The zero-order valence-corrected chi connectivity index (χ0v) is 42.1. The van der Waals surface area contributed by atoms with E-state index in [1.165, 1.54) is 16.0 Å². The monoisotopic (exact) mass is 960 g/mol. The molecule has 0 bridgehead atoms. The Morgan fingerprint density at radius 1 is 0.600 bits per heavy atom. The number of hydrogen-bond acceptors (Lipinski definition) is 9. The van der Waals surface area contributed by atoms with Crippen molar-refractivity contribution in [2.45, 2.75) is 142 Å². The molecule has 0 saturated carbocycles. The number of aryl methyl sites for hydroxylation is 2. The Kier molecular flexibility index (Phi) is 16.2. The molecule has 16 heteroatoms. The quantitative estimate of drug-likeness (QED) is 0.126. The number of amides is 7. The van der Waals surface area contributed by atoms with Crippen molar-refractivity contribution in [1.82, 2.24) is 47.0 Å². The van der Waals surface area contributed by atoms with Gasteiger partial charge in [0, 0.05) is 31.1 Å². The van der Waals surface area contributed by atoms with Crippen molar-refractivity contribution in [3.63, 3.8) is 0 Å². The van der Waals surface area contributed by atoms with Crippen LogP contribution in [-0.4, -0.2) is 115 Å². The van der Waals surface area contributed by atoms with Crippen LogP contribution < -0.4 is 37.2 Å². The van der Waals surface area contributed by atoms with Crippen LogP contribution in [0.2, 0.25) is 0 Å². The number of likely N-dealkylation sites (N-methyl/N-ethyl adjacent to an activating group) is 2. The van der Waals surface area contributed by atoms with Crippen molar-refractivity contribution in [2.24, 2.45) is 10.8 Å². The Bertz CT molecular complexity index is 2460. The standard InChI is InChI=1S/C54H73N9O7/c1-53(2,3)46(60-44(64)28-55-7)51(69)62-30-36-25-35(24-23-34(36)26-42(62)49(67)58-40-21-13-17-32-15-9-11-19-38(32)40)48(66)57-37-27-43(50(68)59-41-22-14-18-33-16-10-12-20-39(33)41)63(31-37)52(70)47(54(4,5)6)61-45(65)29-56-8/h9-12,15-16,19-20,23-25,37,40-43,46-47,55-56H,13-14,17-18,21-22,26-31H2,1-8H3,(H,57,66)(H,58,67)(H,59,68)(H,60,64)(H,61,65)/t37?,40-,41-,42?,43+,46?,47?/m1/s1. The predicted molar refractivity (Wildman–Crippen MR) is 267 cm³/mol. The minimum atomic E-state index is -0.965. The Morgan fingerprint density at radius 3 is 1.61 bits per heavy atom. The van der Waals surface area contributed by atoms with E-state index in [2.05, 4.69) is 49.4 Å². The zero-order chi connectivity index (χ0) is 50.5. The molecule has 7 atom stereocenters. The molecule has 16 nitrogen and oxygen atoms in total. The van der Waals surface area contributed by atoms with Crippen LogP contribution in [0.15, 0.2) is 66.7 Å². The molecule has 7 rings (SSSR count). The number of rotatable bonds is 14. The molecule has 0 aromatic heterocycles. The van der Waals surface area contributed by atoms with Gasteiger partial charge in [0.15, 0.2) is 0 Å². The second-order valence-electron chi connectivity index (χ2n) is 21.7. The van der Waals surface area contributed by atoms with Gasteiger partial charge in [0.05, 0.1) is 25.2 Å². The molecular weight excluding hydrogens is 887 g/mol. The van der Waals surface area contributed by atoms with Crippen molar-refractivity contribution in [2.75, 3.05) is 33.7 Å². The fourth-order valence-corrected chi connectivity index (χ4v) is 10.6. The van der Waals surface area contributed by atoms with E-state index in [4.69, 9.17) is 0 Å². The molecule has 70 heavy (non-hydrogen) atoms. The maximum absolute atomic E-state index is 14.8. The van der Waals surface area contributed by atoms with E-state index in [1.807, 2.05) is 84.0 Å². The average Bonchev–Trinajstić information content (AvgIpc) is 3.75. The lowest BCUT2D eigenvalue weighted by Gasteiger charge is -2.41. The van der Waals surface area contributed by atoms with Crippen molar-refractivity contribution < 1.29 is 33.6 Å². The molecule has 4 aliphatic rings. The largest absolute Gasteiger partial charge is 0.347 e. The minimum Gasteiger partial charge on any atom is -0.347 e. The first kappa shape index (κ1) is 51.7. The molecule has 7 amide bonds. The highest BCUT2D eigenvalue weighted by Gasteiger charge is 2.47. The van der Waals surface area contributed by atoms with E-state index in [-0.39, 0.29) is 74.7 Å². The molecular formula is C54H73N9O7. The number of nitrogens with one attached hydrogen (secondary N) is 7. The van der Waals surface area contributed by atoms with Crippen LogP contribution in [0.3, 0.4) is 0 Å². The van der Waals surface area contributed by atoms with Gasteiger partial charge in [0.2, 0.25) is 35.4 Å². The smallest absolute Gasteiger partial charge is 0.251 e. The maximum Gasteiger partial charge on any atom is 0.251 e. The lowest BCUT2D eigenvalue weighted by atomic mass is 9.83. The van der Waals surface area contributed by atoms with Gasteiger partial charge in [0.1, 0.15) is 24.2 Å². The van der Waals surface area contributed by atoms with Gasteiger partial charge < -0.3 is 47.0 Å². The molecule has 2 heterocycles.